The van der Waals surface area contributed by atoms with Crippen molar-refractivity contribution in [3.8, 4) is 0 Å². The maximum Gasteiger partial charge on any atom is 0.240 e. The Morgan fingerprint density at radius 3 is 1.67 bits per heavy atom. The number of halogens is 1. The molecule has 0 fully saturated rings. The lowest BCUT2D eigenvalue weighted by atomic mass is 10.1. The first-order chi connectivity index (χ1) is 13.1. The Bertz CT molecular complexity index is 926. The van der Waals surface area contributed by atoms with Gasteiger partial charge in [-0.15, -0.1) is 0 Å². The molecule has 0 spiro atoms. The molecule has 0 amide bonds. The number of hydrogen-bond donors (Lipinski definition) is 0. The molecule has 0 aliphatic carbocycles. The van der Waals surface area contributed by atoms with Crippen molar-refractivity contribution in [3.63, 3.8) is 0 Å². The van der Waals surface area contributed by atoms with E-state index in [1.165, 1.54) is 42.5 Å². The third-order valence-electron chi connectivity index (χ3n) is 2.95. The molecule has 134 valence electrons. The van der Waals surface area contributed by atoms with E-state index in [0.717, 1.165) is 11.1 Å². The molecule has 2 rings (SSSR count). The molecule has 0 radical (unpaired) electrons. The van der Waals surface area contributed by atoms with Crippen LogP contribution in [0.1, 0.15) is 11.1 Å². The second kappa shape index (κ2) is 12.6. The first kappa shape index (κ1) is 21.3. The van der Waals surface area contributed by atoms with Crippen LogP contribution in [-0.2, 0) is 32.3 Å². The summed E-state index contributed by atoms with van der Waals surface area (Å²) in [6.45, 7) is 0.668. The van der Waals surface area contributed by atoms with Crippen molar-refractivity contribution in [1.82, 2.24) is 0 Å². The van der Waals surface area contributed by atoms with E-state index in [1.807, 2.05) is 24.3 Å². The summed E-state index contributed by atoms with van der Waals surface area (Å²) in [5.74, 6) is 0. The van der Waals surface area contributed by atoms with Crippen LogP contribution in [0.3, 0.4) is 0 Å². The Morgan fingerprint density at radius 2 is 1.22 bits per heavy atom. The van der Waals surface area contributed by atoms with Crippen LogP contribution in [0.2, 0.25) is 5.02 Å². The molecule has 27 heavy (non-hydrogen) atoms. The van der Waals surface area contributed by atoms with Gasteiger partial charge < -0.3 is 0 Å². The number of benzene rings is 2. The topological polar surface area (TPSA) is 118 Å². The van der Waals surface area contributed by atoms with Gasteiger partial charge in [0.1, 0.15) is 0 Å². The molecule has 0 saturated carbocycles. The van der Waals surface area contributed by atoms with E-state index in [4.69, 9.17) is 11.6 Å². The fourth-order valence-electron chi connectivity index (χ4n) is 1.76. The monoisotopic (exact) mass is 382 g/mol. The summed E-state index contributed by atoms with van der Waals surface area (Å²) >= 11 is 5.66. The molecular weight excluding hydrogens is 372 g/mol. The van der Waals surface area contributed by atoms with Crippen LogP contribution in [0.5, 0.6) is 0 Å². The zero-order chi connectivity index (χ0) is 19.9. The number of aliphatic imine (C=N–C) groups is 4. The van der Waals surface area contributed by atoms with Gasteiger partial charge in [0.25, 0.3) is 0 Å². The van der Waals surface area contributed by atoms with Gasteiger partial charge >= 0.3 is 0 Å². The zero-order valence-electron chi connectivity index (χ0n) is 13.8. The highest BCUT2D eigenvalue weighted by Gasteiger charge is 1.99. The number of hydrogen-bond acceptors (Lipinski definition) is 8. The summed E-state index contributed by atoms with van der Waals surface area (Å²) < 4.78 is 0. The van der Waals surface area contributed by atoms with E-state index in [-0.39, 0.29) is 5.69 Å². The first-order valence-corrected chi connectivity index (χ1v) is 7.62. The van der Waals surface area contributed by atoms with Gasteiger partial charge in [-0.1, -0.05) is 35.9 Å². The molecule has 0 atom stereocenters. The molecule has 2 aromatic rings. The minimum atomic E-state index is 0.230. The van der Waals surface area contributed by atoms with Crippen LogP contribution in [0.4, 0.5) is 11.4 Å². The molecule has 2 aromatic carbocycles. The molecule has 0 aliphatic heterocycles. The van der Waals surface area contributed by atoms with E-state index in [9.17, 15) is 19.2 Å². The number of carbonyl (C=O) groups excluding carboxylic acids is 4. The first-order valence-electron chi connectivity index (χ1n) is 7.25. The molecule has 0 aliphatic rings. The number of rotatable bonds is 6. The second-order valence-electron chi connectivity index (χ2n) is 4.67. The molecule has 0 heterocycles. The maximum absolute atomic E-state index is 9.94. The summed E-state index contributed by atoms with van der Waals surface area (Å²) in [5, 5.41) is 0.299. The van der Waals surface area contributed by atoms with Crippen molar-refractivity contribution in [1.29, 1.82) is 0 Å². The third-order valence-corrected chi connectivity index (χ3v) is 3.27. The Balaban J connectivity index is 0.000000271. The van der Waals surface area contributed by atoms with E-state index in [0.29, 0.717) is 23.8 Å². The van der Waals surface area contributed by atoms with Gasteiger partial charge in [0.2, 0.25) is 24.3 Å². The molecule has 0 unspecified atom stereocenters. The average molecular weight is 383 g/mol. The largest absolute Gasteiger partial charge is 0.240 e. The predicted octanol–water partition coefficient (Wildman–Crippen LogP) is 3.63. The Morgan fingerprint density at radius 1 is 0.704 bits per heavy atom. The van der Waals surface area contributed by atoms with E-state index < -0.39 is 0 Å². The fraction of sp³-hybridized carbons (Fsp3) is 0.111. The van der Waals surface area contributed by atoms with Crippen molar-refractivity contribution in [3.05, 3.63) is 58.6 Å². The SMILES string of the molecule is O=C=NCc1ccc(CN=C=O)cc1.O=C=Nc1ccc(Cl)c(N=C=O)c1. The predicted molar refractivity (Wildman–Crippen MR) is 97.1 cm³/mol. The molecular formula is C18H11ClN4O4. The summed E-state index contributed by atoms with van der Waals surface area (Å²) in [6, 6.07) is 11.7. The lowest BCUT2D eigenvalue weighted by Crippen LogP contribution is -1.84. The molecule has 9 heteroatoms. The third kappa shape index (κ3) is 8.25. The minimum absolute atomic E-state index is 0.230. The van der Waals surface area contributed by atoms with E-state index in [1.54, 1.807) is 0 Å². The lowest BCUT2D eigenvalue weighted by molar-refractivity contribution is 0.562. The number of isocyanates is 4. The van der Waals surface area contributed by atoms with Gasteiger partial charge in [-0.2, -0.15) is 9.98 Å². The standard InChI is InChI=1S/C10H8N2O2.C8H3ClN2O2/c13-7-11-5-9-1-2-10(4-3-9)6-12-8-14;9-7-2-1-6(10-4-12)3-8(7)11-5-13/h1-4H,5-6H2;1-3H. The number of nitrogens with zero attached hydrogens (tertiary/aromatic N) is 4. The van der Waals surface area contributed by atoms with Gasteiger partial charge in [-0.3, -0.25) is 0 Å². The summed E-state index contributed by atoms with van der Waals surface area (Å²) in [4.78, 5) is 53.1. The van der Waals surface area contributed by atoms with E-state index in [2.05, 4.69) is 20.0 Å². The highest BCUT2D eigenvalue weighted by atomic mass is 35.5. The Labute approximate surface area is 158 Å². The van der Waals surface area contributed by atoms with Crippen LogP contribution in [0.15, 0.2) is 62.4 Å². The second-order valence-corrected chi connectivity index (χ2v) is 5.08. The van der Waals surface area contributed by atoms with Crippen molar-refractivity contribution >= 4 is 47.3 Å². The van der Waals surface area contributed by atoms with Gasteiger partial charge in [0.05, 0.1) is 29.5 Å². The van der Waals surface area contributed by atoms with Crippen molar-refractivity contribution < 1.29 is 19.2 Å². The van der Waals surface area contributed by atoms with Gasteiger partial charge in [0.15, 0.2) is 0 Å². The average Bonchev–Trinajstić information content (AvgIpc) is 2.69. The minimum Gasteiger partial charge on any atom is -0.211 e. The van der Waals surface area contributed by atoms with Crippen molar-refractivity contribution in [2.75, 3.05) is 0 Å². The van der Waals surface area contributed by atoms with Crippen LogP contribution >= 0.6 is 11.6 Å². The Kier molecular flexibility index (Phi) is 9.93. The summed E-state index contributed by atoms with van der Waals surface area (Å²) in [6.07, 6.45) is 5.65. The summed E-state index contributed by atoms with van der Waals surface area (Å²) in [5.41, 5.74) is 2.42. The van der Waals surface area contributed by atoms with Crippen molar-refractivity contribution in [2.45, 2.75) is 13.1 Å². The van der Waals surface area contributed by atoms with Crippen LogP contribution in [-0.4, -0.2) is 24.3 Å². The van der Waals surface area contributed by atoms with Crippen LogP contribution in [0.25, 0.3) is 0 Å². The highest BCUT2D eigenvalue weighted by molar-refractivity contribution is 6.33. The molecule has 8 nitrogen and oxygen atoms in total. The maximum atomic E-state index is 9.94. The summed E-state index contributed by atoms with van der Waals surface area (Å²) in [7, 11) is 0. The van der Waals surface area contributed by atoms with Crippen molar-refractivity contribution in [2.24, 2.45) is 20.0 Å². The molecule has 0 bridgehead atoms. The lowest BCUT2D eigenvalue weighted by Gasteiger charge is -1.97. The zero-order valence-corrected chi connectivity index (χ0v) is 14.5. The van der Waals surface area contributed by atoms with Gasteiger partial charge in [0, 0.05) is 0 Å². The van der Waals surface area contributed by atoms with Gasteiger partial charge in [-0.25, -0.2) is 29.2 Å². The van der Waals surface area contributed by atoms with Crippen LogP contribution < -0.4 is 0 Å². The smallest absolute Gasteiger partial charge is 0.211 e. The van der Waals surface area contributed by atoms with E-state index >= 15 is 0 Å². The fourth-order valence-corrected chi connectivity index (χ4v) is 1.92. The Hall–Kier alpha value is -3.75. The van der Waals surface area contributed by atoms with Crippen LogP contribution in [0, 0.1) is 0 Å². The van der Waals surface area contributed by atoms with Gasteiger partial charge in [-0.05, 0) is 29.3 Å². The molecule has 0 saturated heterocycles. The highest BCUT2D eigenvalue weighted by Crippen LogP contribution is 2.28. The molecule has 0 aromatic heterocycles. The normalized spacial score (nSPS) is 8.48. The molecule has 0 N–H and O–H groups in total. The quantitative estimate of drug-likeness (QED) is 0.559.